The molecule has 0 radical (unpaired) electrons. The van der Waals surface area contributed by atoms with Crippen LogP contribution < -0.4 is 15.0 Å². The molecule has 4 heteroatoms. The number of hydrogen-bond acceptors (Lipinski definition) is 3. The lowest BCUT2D eigenvalue weighted by Crippen LogP contribution is -2.49. The fourth-order valence-electron chi connectivity index (χ4n) is 2.12. The van der Waals surface area contributed by atoms with E-state index in [4.69, 9.17) is 16.3 Å². The summed E-state index contributed by atoms with van der Waals surface area (Å²) in [6, 6.07) is 6.52. The van der Waals surface area contributed by atoms with Crippen LogP contribution in [0.2, 0.25) is 5.02 Å². The molecule has 1 aromatic rings. The van der Waals surface area contributed by atoms with Crippen LogP contribution in [0.1, 0.15) is 13.8 Å². The molecular weight excluding hydrogens is 236 g/mol. The average molecular weight is 255 g/mol. The third-order valence-corrected chi connectivity index (χ3v) is 3.26. The Balaban J connectivity index is 2.17. The summed E-state index contributed by atoms with van der Waals surface area (Å²) in [5.41, 5.74) is 1.19. The van der Waals surface area contributed by atoms with E-state index in [2.05, 4.69) is 23.2 Å². The molecule has 94 valence electrons. The van der Waals surface area contributed by atoms with Gasteiger partial charge in [-0.25, -0.2) is 0 Å². The highest BCUT2D eigenvalue weighted by molar-refractivity contribution is 6.32. The Morgan fingerprint density at radius 3 is 3.06 bits per heavy atom. The van der Waals surface area contributed by atoms with E-state index in [1.807, 2.05) is 19.1 Å². The van der Waals surface area contributed by atoms with Crippen LogP contribution in [0.15, 0.2) is 18.2 Å². The molecule has 1 saturated heterocycles. The fraction of sp³-hybridized carbons (Fsp3) is 0.538. The molecular formula is C13H19ClN2O. The average Bonchev–Trinajstić information content (AvgIpc) is 2.32. The second-order valence-electron chi connectivity index (χ2n) is 4.35. The maximum absolute atomic E-state index is 6.09. The molecule has 0 spiro atoms. The summed E-state index contributed by atoms with van der Waals surface area (Å²) >= 11 is 6.09. The number of nitrogens with one attached hydrogen (secondary N) is 1. The molecule has 1 unspecified atom stereocenters. The first-order chi connectivity index (χ1) is 8.20. The summed E-state index contributed by atoms with van der Waals surface area (Å²) in [7, 11) is 0. The summed E-state index contributed by atoms with van der Waals surface area (Å²) < 4.78 is 5.52. The minimum absolute atomic E-state index is 0.523. The van der Waals surface area contributed by atoms with Crippen LogP contribution in [0.4, 0.5) is 5.69 Å². The van der Waals surface area contributed by atoms with Gasteiger partial charge in [-0.15, -0.1) is 0 Å². The number of halogens is 1. The van der Waals surface area contributed by atoms with Gasteiger partial charge >= 0.3 is 0 Å². The van der Waals surface area contributed by atoms with Crippen LogP contribution in [-0.4, -0.2) is 32.3 Å². The molecule has 0 aromatic heterocycles. The molecule has 1 aliphatic rings. The topological polar surface area (TPSA) is 24.5 Å². The molecule has 0 bridgehead atoms. The van der Waals surface area contributed by atoms with Crippen molar-refractivity contribution in [1.82, 2.24) is 5.32 Å². The normalized spacial score (nSPS) is 20.4. The number of benzene rings is 1. The minimum atomic E-state index is 0.523. The molecule has 3 nitrogen and oxygen atoms in total. The zero-order valence-corrected chi connectivity index (χ0v) is 11.1. The monoisotopic (exact) mass is 254 g/mol. The van der Waals surface area contributed by atoms with Crippen LogP contribution in [0.3, 0.4) is 0 Å². The van der Waals surface area contributed by atoms with Gasteiger partial charge in [-0.2, -0.15) is 0 Å². The van der Waals surface area contributed by atoms with Crippen molar-refractivity contribution in [3.05, 3.63) is 23.2 Å². The van der Waals surface area contributed by atoms with Gasteiger partial charge in [0.15, 0.2) is 0 Å². The van der Waals surface area contributed by atoms with E-state index in [9.17, 15) is 0 Å². The molecule has 0 aliphatic carbocycles. The molecule has 17 heavy (non-hydrogen) atoms. The van der Waals surface area contributed by atoms with E-state index < -0.39 is 0 Å². The van der Waals surface area contributed by atoms with E-state index in [-0.39, 0.29) is 0 Å². The number of nitrogens with zero attached hydrogens (tertiary/aromatic N) is 1. The smallest absolute Gasteiger partial charge is 0.139 e. The van der Waals surface area contributed by atoms with Gasteiger partial charge in [0.05, 0.1) is 11.6 Å². The number of ether oxygens (including phenoxy) is 1. The SMILES string of the molecule is CCOc1cc(N2CCNC(C)C2)ccc1Cl. The van der Waals surface area contributed by atoms with E-state index in [0.29, 0.717) is 17.7 Å². The first-order valence-corrected chi connectivity index (χ1v) is 6.49. The van der Waals surface area contributed by atoms with Crippen LogP contribution in [0.25, 0.3) is 0 Å². The number of anilines is 1. The third kappa shape index (κ3) is 3.05. The zero-order valence-electron chi connectivity index (χ0n) is 10.4. The van der Waals surface area contributed by atoms with Gasteiger partial charge in [-0.1, -0.05) is 11.6 Å². The lowest BCUT2D eigenvalue weighted by molar-refractivity contribution is 0.340. The van der Waals surface area contributed by atoms with Gasteiger partial charge < -0.3 is 15.0 Å². The Morgan fingerprint density at radius 1 is 1.53 bits per heavy atom. The van der Waals surface area contributed by atoms with E-state index in [1.54, 1.807) is 0 Å². The second-order valence-corrected chi connectivity index (χ2v) is 4.76. The Labute approximate surface area is 108 Å². The largest absolute Gasteiger partial charge is 0.492 e. The van der Waals surface area contributed by atoms with Gasteiger partial charge in [0.25, 0.3) is 0 Å². The van der Waals surface area contributed by atoms with Crippen molar-refractivity contribution in [3.8, 4) is 5.75 Å². The fourth-order valence-corrected chi connectivity index (χ4v) is 2.29. The molecule has 1 N–H and O–H groups in total. The van der Waals surface area contributed by atoms with Crippen LogP contribution in [0, 0.1) is 0 Å². The van der Waals surface area contributed by atoms with Crippen LogP contribution in [-0.2, 0) is 0 Å². The summed E-state index contributed by atoms with van der Waals surface area (Å²) in [6.07, 6.45) is 0. The van der Waals surface area contributed by atoms with Gasteiger partial charge in [-0.3, -0.25) is 0 Å². The molecule has 1 fully saturated rings. The number of piperazine rings is 1. The summed E-state index contributed by atoms with van der Waals surface area (Å²) in [4.78, 5) is 2.36. The van der Waals surface area contributed by atoms with Crippen molar-refractivity contribution in [2.45, 2.75) is 19.9 Å². The van der Waals surface area contributed by atoms with Crippen molar-refractivity contribution in [2.75, 3.05) is 31.1 Å². The van der Waals surface area contributed by atoms with Crippen molar-refractivity contribution in [3.63, 3.8) is 0 Å². The van der Waals surface area contributed by atoms with Gasteiger partial charge in [0.2, 0.25) is 0 Å². The van der Waals surface area contributed by atoms with Crippen LogP contribution in [0.5, 0.6) is 5.75 Å². The highest BCUT2D eigenvalue weighted by Gasteiger charge is 2.16. The van der Waals surface area contributed by atoms with Crippen molar-refractivity contribution >= 4 is 17.3 Å². The van der Waals surface area contributed by atoms with Gasteiger partial charge in [0, 0.05) is 37.4 Å². The van der Waals surface area contributed by atoms with Crippen molar-refractivity contribution in [1.29, 1.82) is 0 Å². The molecule has 0 saturated carbocycles. The first kappa shape index (κ1) is 12.5. The predicted molar refractivity (Wildman–Crippen MR) is 72.3 cm³/mol. The lowest BCUT2D eigenvalue weighted by atomic mass is 10.2. The quantitative estimate of drug-likeness (QED) is 0.897. The standard InChI is InChI=1S/C13H19ClN2O/c1-3-17-13-8-11(4-5-12(13)14)16-7-6-15-10(2)9-16/h4-5,8,10,15H,3,6-7,9H2,1-2H3. The Kier molecular flexibility index (Phi) is 4.13. The highest BCUT2D eigenvalue weighted by Crippen LogP contribution is 2.30. The maximum atomic E-state index is 6.09. The van der Waals surface area contributed by atoms with Gasteiger partial charge in [0.1, 0.15) is 5.75 Å². The third-order valence-electron chi connectivity index (χ3n) is 2.95. The minimum Gasteiger partial charge on any atom is -0.492 e. The molecule has 2 rings (SSSR count). The lowest BCUT2D eigenvalue weighted by Gasteiger charge is -2.33. The Morgan fingerprint density at radius 2 is 2.35 bits per heavy atom. The molecule has 1 aliphatic heterocycles. The molecule has 0 amide bonds. The second kappa shape index (κ2) is 5.61. The van der Waals surface area contributed by atoms with E-state index in [0.717, 1.165) is 25.4 Å². The highest BCUT2D eigenvalue weighted by atomic mass is 35.5. The zero-order chi connectivity index (χ0) is 12.3. The van der Waals surface area contributed by atoms with Crippen molar-refractivity contribution < 1.29 is 4.74 Å². The van der Waals surface area contributed by atoms with E-state index >= 15 is 0 Å². The first-order valence-electron chi connectivity index (χ1n) is 6.11. The van der Waals surface area contributed by atoms with Gasteiger partial charge in [-0.05, 0) is 26.0 Å². The Bertz CT molecular complexity index is 384. The van der Waals surface area contributed by atoms with Crippen molar-refractivity contribution in [2.24, 2.45) is 0 Å². The summed E-state index contributed by atoms with van der Waals surface area (Å²) in [6.45, 7) is 7.88. The Hall–Kier alpha value is -0.930. The molecule has 1 atom stereocenters. The summed E-state index contributed by atoms with van der Waals surface area (Å²) in [5, 5.41) is 4.11. The summed E-state index contributed by atoms with van der Waals surface area (Å²) in [5.74, 6) is 0.776. The predicted octanol–water partition coefficient (Wildman–Crippen LogP) is 2.54. The number of rotatable bonds is 3. The van der Waals surface area contributed by atoms with E-state index in [1.165, 1.54) is 5.69 Å². The maximum Gasteiger partial charge on any atom is 0.139 e. The molecule has 1 aromatic carbocycles. The number of hydrogen-bond donors (Lipinski definition) is 1. The van der Waals surface area contributed by atoms with Crippen LogP contribution >= 0.6 is 11.6 Å². The molecule has 1 heterocycles.